The number of ether oxygens (including phenoxy) is 2. The quantitative estimate of drug-likeness (QED) is 0.257. The maximum absolute atomic E-state index is 12.4. The monoisotopic (exact) mass is 446 g/mol. The van der Waals surface area contributed by atoms with E-state index in [4.69, 9.17) is 32.7 Å². The third kappa shape index (κ3) is 5.16. The number of hydrogen-bond donors (Lipinski definition) is 2. The van der Waals surface area contributed by atoms with Crippen LogP contribution in [-0.2, 0) is 0 Å². The number of H-pyrrole nitrogens is 1. The molecule has 0 aliphatic rings. The van der Waals surface area contributed by atoms with Gasteiger partial charge < -0.3 is 9.47 Å². The van der Waals surface area contributed by atoms with E-state index in [1.54, 1.807) is 37.3 Å². The van der Waals surface area contributed by atoms with Crippen molar-refractivity contribution in [2.45, 2.75) is 6.92 Å². The number of hydrazone groups is 1. The number of methoxy groups -OCH3 is 1. The van der Waals surface area contributed by atoms with Gasteiger partial charge in [0.1, 0.15) is 0 Å². The molecule has 0 aliphatic heterocycles. The van der Waals surface area contributed by atoms with Gasteiger partial charge in [0, 0.05) is 10.7 Å². The number of carbonyl (C=O) groups excluding carboxylic acids is 2. The van der Waals surface area contributed by atoms with Gasteiger partial charge in [-0.1, -0.05) is 23.2 Å². The van der Waals surface area contributed by atoms with E-state index in [1.165, 1.54) is 25.5 Å². The molecular weight excluding hydrogens is 431 g/mol. The molecule has 2 aromatic carbocycles. The Morgan fingerprint density at radius 3 is 2.60 bits per heavy atom. The number of carbonyl (C=O) groups is 2. The van der Waals surface area contributed by atoms with Crippen LogP contribution in [-0.4, -0.2) is 35.4 Å². The molecule has 1 aromatic heterocycles. The van der Waals surface area contributed by atoms with Gasteiger partial charge in [-0.05, 0) is 55.0 Å². The maximum atomic E-state index is 12.4. The first kappa shape index (κ1) is 21.4. The molecule has 0 spiro atoms. The van der Waals surface area contributed by atoms with E-state index in [1.807, 2.05) is 0 Å². The summed E-state index contributed by atoms with van der Waals surface area (Å²) in [5.74, 6) is -0.612. The second kappa shape index (κ2) is 9.43. The molecule has 0 fully saturated rings. The third-order valence-electron chi connectivity index (χ3n) is 3.86. The molecule has 3 rings (SSSR count). The number of benzene rings is 2. The zero-order valence-electron chi connectivity index (χ0n) is 15.9. The predicted molar refractivity (Wildman–Crippen MR) is 113 cm³/mol. The summed E-state index contributed by atoms with van der Waals surface area (Å²) in [6.45, 7) is 1.79. The topological polar surface area (TPSA) is 106 Å². The molecule has 1 amide bonds. The molecule has 2 N–H and O–H groups in total. The first-order valence-electron chi connectivity index (χ1n) is 8.58. The molecule has 0 radical (unpaired) electrons. The lowest BCUT2D eigenvalue weighted by Crippen LogP contribution is -2.18. The summed E-state index contributed by atoms with van der Waals surface area (Å²) in [6.07, 6.45) is 1.42. The molecule has 0 saturated carbocycles. The minimum absolute atomic E-state index is 0.171. The molecule has 3 aromatic rings. The SMILES string of the molecule is COc1cc(/C=N\NC(=O)c2cc(C)[nH]n2)ccc1OC(=O)c1ccc(Cl)cc1Cl. The van der Waals surface area contributed by atoms with Gasteiger partial charge >= 0.3 is 5.97 Å². The Balaban J connectivity index is 1.69. The zero-order valence-corrected chi connectivity index (χ0v) is 17.4. The van der Waals surface area contributed by atoms with Crippen molar-refractivity contribution in [3.05, 3.63) is 75.0 Å². The number of hydrogen-bond acceptors (Lipinski definition) is 6. The van der Waals surface area contributed by atoms with Crippen molar-refractivity contribution < 1.29 is 19.1 Å². The lowest BCUT2D eigenvalue weighted by molar-refractivity contribution is 0.0729. The van der Waals surface area contributed by atoms with Gasteiger partial charge in [0.15, 0.2) is 17.2 Å². The number of amides is 1. The first-order valence-corrected chi connectivity index (χ1v) is 9.33. The summed E-state index contributed by atoms with van der Waals surface area (Å²) in [7, 11) is 1.44. The lowest BCUT2D eigenvalue weighted by atomic mass is 10.2. The van der Waals surface area contributed by atoms with Crippen LogP contribution >= 0.6 is 23.2 Å². The summed E-state index contributed by atoms with van der Waals surface area (Å²) in [6, 6.07) is 10.9. The Morgan fingerprint density at radius 1 is 1.13 bits per heavy atom. The molecule has 0 unspecified atom stereocenters. The number of esters is 1. The summed E-state index contributed by atoms with van der Waals surface area (Å²) in [4.78, 5) is 24.3. The molecule has 30 heavy (non-hydrogen) atoms. The van der Waals surface area contributed by atoms with E-state index < -0.39 is 11.9 Å². The smallest absolute Gasteiger partial charge is 0.345 e. The number of nitrogens with zero attached hydrogens (tertiary/aromatic N) is 2. The second-order valence-corrected chi connectivity index (χ2v) is 6.90. The van der Waals surface area contributed by atoms with Gasteiger partial charge in [0.2, 0.25) is 0 Å². The fourth-order valence-corrected chi connectivity index (χ4v) is 2.90. The van der Waals surface area contributed by atoms with Crippen LogP contribution in [0.3, 0.4) is 0 Å². The summed E-state index contributed by atoms with van der Waals surface area (Å²) in [5.41, 5.74) is 4.14. The van der Waals surface area contributed by atoms with Gasteiger partial charge in [-0.3, -0.25) is 9.89 Å². The lowest BCUT2D eigenvalue weighted by Gasteiger charge is -2.10. The van der Waals surface area contributed by atoms with E-state index in [9.17, 15) is 9.59 Å². The van der Waals surface area contributed by atoms with Crippen LogP contribution < -0.4 is 14.9 Å². The fraction of sp³-hybridized carbons (Fsp3) is 0.100. The number of aromatic amines is 1. The Labute approximate surface area is 181 Å². The standard InChI is InChI=1S/C20H16Cl2N4O4/c1-11-7-16(25-24-11)19(27)26-23-10-12-3-6-17(18(8-12)29-2)30-20(28)14-5-4-13(21)9-15(14)22/h3-10H,1-2H3,(H,24,25)(H,26,27)/b23-10-. The Hall–Kier alpha value is -3.36. The Bertz CT molecular complexity index is 1130. The normalized spacial score (nSPS) is 10.8. The average molecular weight is 447 g/mol. The molecule has 0 atom stereocenters. The highest BCUT2D eigenvalue weighted by molar-refractivity contribution is 6.36. The van der Waals surface area contributed by atoms with Crippen LogP contribution in [0.15, 0.2) is 47.6 Å². The van der Waals surface area contributed by atoms with E-state index in [0.717, 1.165) is 5.69 Å². The van der Waals surface area contributed by atoms with Gasteiger partial charge in [0.25, 0.3) is 5.91 Å². The highest BCUT2D eigenvalue weighted by Gasteiger charge is 2.16. The van der Waals surface area contributed by atoms with Crippen LogP contribution in [0.1, 0.15) is 32.1 Å². The average Bonchev–Trinajstić information content (AvgIpc) is 3.15. The highest BCUT2D eigenvalue weighted by atomic mass is 35.5. The molecule has 0 aliphatic carbocycles. The Morgan fingerprint density at radius 2 is 1.93 bits per heavy atom. The van der Waals surface area contributed by atoms with E-state index in [-0.39, 0.29) is 22.0 Å². The predicted octanol–water partition coefficient (Wildman–Crippen LogP) is 4.02. The van der Waals surface area contributed by atoms with Crippen molar-refractivity contribution >= 4 is 41.3 Å². The highest BCUT2D eigenvalue weighted by Crippen LogP contribution is 2.29. The van der Waals surface area contributed by atoms with E-state index in [0.29, 0.717) is 16.3 Å². The molecule has 154 valence electrons. The van der Waals surface area contributed by atoms with Crippen LogP contribution in [0, 0.1) is 6.92 Å². The van der Waals surface area contributed by atoms with Gasteiger partial charge in [-0.25, -0.2) is 10.2 Å². The maximum Gasteiger partial charge on any atom is 0.345 e. The number of halogens is 2. The second-order valence-electron chi connectivity index (χ2n) is 6.06. The summed E-state index contributed by atoms with van der Waals surface area (Å²) in [5, 5.41) is 11.0. The zero-order chi connectivity index (χ0) is 21.7. The van der Waals surface area contributed by atoms with E-state index >= 15 is 0 Å². The van der Waals surface area contributed by atoms with Crippen LogP contribution in [0.4, 0.5) is 0 Å². The number of nitrogens with one attached hydrogen (secondary N) is 2. The minimum Gasteiger partial charge on any atom is -0.493 e. The minimum atomic E-state index is -0.655. The van der Waals surface area contributed by atoms with Crippen molar-refractivity contribution in [2.75, 3.05) is 7.11 Å². The van der Waals surface area contributed by atoms with Gasteiger partial charge in [-0.15, -0.1) is 0 Å². The molecule has 8 nitrogen and oxygen atoms in total. The fourth-order valence-electron chi connectivity index (χ4n) is 2.42. The summed E-state index contributed by atoms with van der Waals surface area (Å²) < 4.78 is 10.7. The molecule has 0 bridgehead atoms. The molecule has 1 heterocycles. The van der Waals surface area contributed by atoms with Crippen LogP contribution in [0.5, 0.6) is 11.5 Å². The number of rotatable bonds is 6. The van der Waals surface area contributed by atoms with Crippen molar-refractivity contribution in [1.82, 2.24) is 15.6 Å². The van der Waals surface area contributed by atoms with Crippen molar-refractivity contribution in [3.63, 3.8) is 0 Å². The molecule has 10 heteroatoms. The molecule has 0 saturated heterocycles. The molecular formula is C20H16Cl2N4O4. The van der Waals surface area contributed by atoms with Gasteiger partial charge in [-0.2, -0.15) is 10.2 Å². The van der Waals surface area contributed by atoms with Gasteiger partial charge in [0.05, 0.1) is 23.9 Å². The Kier molecular flexibility index (Phi) is 6.71. The van der Waals surface area contributed by atoms with Crippen LogP contribution in [0.25, 0.3) is 0 Å². The van der Waals surface area contributed by atoms with E-state index in [2.05, 4.69) is 20.7 Å². The van der Waals surface area contributed by atoms with Crippen LogP contribution in [0.2, 0.25) is 10.0 Å². The third-order valence-corrected chi connectivity index (χ3v) is 4.41. The first-order chi connectivity index (χ1) is 14.4. The number of aryl methyl sites for hydroxylation is 1. The van der Waals surface area contributed by atoms with Crippen molar-refractivity contribution in [3.8, 4) is 11.5 Å². The largest absolute Gasteiger partial charge is 0.493 e. The summed E-state index contributed by atoms with van der Waals surface area (Å²) >= 11 is 11.9. The number of aromatic nitrogens is 2. The van der Waals surface area contributed by atoms with Crippen molar-refractivity contribution in [2.24, 2.45) is 5.10 Å². The van der Waals surface area contributed by atoms with Crippen molar-refractivity contribution in [1.29, 1.82) is 0 Å².